The van der Waals surface area contributed by atoms with Gasteiger partial charge in [0, 0.05) is 38.1 Å². The number of rotatable bonds is 8. The maximum absolute atomic E-state index is 5.63. The highest BCUT2D eigenvalue weighted by Crippen LogP contribution is 2.36. The van der Waals surface area contributed by atoms with Crippen LogP contribution in [0.1, 0.15) is 39.0 Å². The quantitative estimate of drug-likeness (QED) is 0.271. The number of guanidine groups is 1. The number of halogens is 1. The molecule has 4 nitrogen and oxygen atoms in total. The van der Waals surface area contributed by atoms with Gasteiger partial charge in [0.1, 0.15) is 0 Å². The summed E-state index contributed by atoms with van der Waals surface area (Å²) in [6.45, 7) is 6.08. The first-order valence-electron chi connectivity index (χ1n) is 7.88. The van der Waals surface area contributed by atoms with E-state index in [1.165, 1.54) is 31.4 Å². The third-order valence-corrected chi connectivity index (χ3v) is 5.50. The van der Waals surface area contributed by atoms with E-state index in [0.29, 0.717) is 4.75 Å². The van der Waals surface area contributed by atoms with E-state index in [9.17, 15) is 0 Å². The Labute approximate surface area is 150 Å². The number of ether oxygens (including phenoxy) is 1. The summed E-state index contributed by atoms with van der Waals surface area (Å²) in [7, 11) is 1.84. The van der Waals surface area contributed by atoms with Gasteiger partial charge in [0.15, 0.2) is 5.96 Å². The average molecular weight is 427 g/mol. The molecular formula is C15H30IN3OS. The molecule has 2 rings (SSSR count). The Morgan fingerprint density at radius 3 is 2.81 bits per heavy atom. The molecule has 2 N–H and O–H groups in total. The largest absolute Gasteiger partial charge is 0.381 e. The fourth-order valence-corrected chi connectivity index (χ4v) is 3.63. The van der Waals surface area contributed by atoms with Gasteiger partial charge in [-0.15, -0.1) is 24.0 Å². The van der Waals surface area contributed by atoms with Gasteiger partial charge >= 0.3 is 0 Å². The molecule has 124 valence electrons. The zero-order valence-corrected chi connectivity index (χ0v) is 16.5. The lowest BCUT2D eigenvalue weighted by atomic mass is 10.1. The predicted octanol–water partition coefficient (Wildman–Crippen LogP) is 2.87. The summed E-state index contributed by atoms with van der Waals surface area (Å²) >= 11 is 2.08. The topological polar surface area (TPSA) is 45.7 Å². The van der Waals surface area contributed by atoms with Crippen LogP contribution in [0, 0.1) is 5.92 Å². The van der Waals surface area contributed by atoms with Crippen LogP contribution in [0.2, 0.25) is 0 Å². The van der Waals surface area contributed by atoms with Crippen molar-refractivity contribution in [3.05, 3.63) is 0 Å². The van der Waals surface area contributed by atoms with Crippen molar-refractivity contribution in [2.24, 2.45) is 10.9 Å². The highest BCUT2D eigenvalue weighted by molar-refractivity contribution is 14.0. The minimum absolute atomic E-state index is 0. The molecule has 21 heavy (non-hydrogen) atoms. The molecule has 0 amide bonds. The summed E-state index contributed by atoms with van der Waals surface area (Å²) in [5.74, 6) is 3.07. The Bertz CT molecular complexity index is 318. The van der Waals surface area contributed by atoms with Gasteiger partial charge in [-0.3, -0.25) is 4.99 Å². The van der Waals surface area contributed by atoms with E-state index in [1.807, 2.05) is 7.05 Å². The van der Waals surface area contributed by atoms with E-state index in [1.54, 1.807) is 0 Å². The second-order valence-corrected chi connectivity index (χ2v) is 7.81. The number of thioether (sulfide) groups is 1. The molecule has 2 aliphatic rings. The van der Waals surface area contributed by atoms with Gasteiger partial charge in [0.05, 0.1) is 0 Å². The Balaban J connectivity index is 0.00000220. The molecule has 1 saturated carbocycles. The molecule has 0 aromatic heterocycles. The van der Waals surface area contributed by atoms with Crippen molar-refractivity contribution in [3.63, 3.8) is 0 Å². The van der Waals surface area contributed by atoms with E-state index in [0.717, 1.165) is 44.6 Å². The zero-order valence-electron chi connectivity index (χ0n) is 13.3. The standard InChI is InChI=1S/C15H29N3OS.HI/c1-15(7-3-10-20-15)12-18-14(16-2)17-8-4-9-19-11-13-5-6-13;/h13H,3-12H2,1-2H3,(H2,16,17,18);1H. The summed E-state index contributed by atoms with van der Waals surface area (Å²) in [4.78, 5) is 4.28. The van der Waals surface area contributed by atoms with Gasteiger partial charge in [-0.05, 0) is 50.7 Å². The molecule has 1 atom stereocenters. The van der Waals surface area contributed by atoms with Crippen LogP contribution in [-0.2, 0) is 4.74 Å². The normalized spacial score (nSPS) is 25.5. The molecule has 1 aliphatic heterocycles. The lowest BCUT2D eigenvalue weighted by Gasteiger charge is -2.24. The van der Waals surface area contributed by atoms with Gasteiger partial charge in [-0.2, -0.15) is 11.8 Å². The fraction of sp³-hybridized carbons (Fsp3) is 0.933. The Kier molecular flexibility index (Phi) is 9.36. The fourth-order valence-electron chi connectivity index (χ4n) is 2.38. The summed E-state index contributed by atoms with van der Waals surface area (Å²) in [6.07, 6.45) is 6.42. The van der Waals surface area contributed by atoms with Crippen molar-refractivity contribution in [1.29, 1.82) is 0 Å². The summed E-state index contributed by atoms with van der Waals surface area (Å²) < 4.78 is 6.01. The van der Waals surface area contributed by atoms with E-state index in [-0.39, 0.29) is 24.0 Å². The number of hydrogen-bond acceptors (Lipinski definition) is 3. The molecule has 1 saturated heterocycles. The molecule has 0 aromatic rings. The van der Waals surface area contributed by atoms with Crippen LogP contribution in [0.15, 0.2) is 4.99 Å². The van der Waals surface area contributed by atoms with Gasteiger partial charge in [-0.25, -0.2) is 0 Å². The van der Waals surface area contributed by atoms with Crippen molar-refractivity contribution in [2.75, 3.05) is 39.1 Å². The van der Waals surface area contributed by atoms with Crippen LogP contribution >= 0.6 is 35.7 Å². The lowest BCUT2D eigenvalue weighted by Crippen LogP contribution is -2.44. The molecule has 0 radical (unpaired) electrons. The summed E-state index contributed by atoms with van der Waals surface area (Å²) in [5.41, 5.74) is 0. The molecular weight excluding hydrogens is 397 g/mol. The monoisotopic (exact) mass is 427 g/mol. The van der Waals surface area contributed by atoms with Gasteiger partial charge in [0.25, 0.3) is 0 Å². The first-order chi connectivity index (χ1) is 9.72. The first-order valence-corrected chi connectivity index (χ1v) is 8.87. The van der Waals surface area contributed by atoms with E-state index in [4.69, 9.17) is 4.74 Å². The van der Waals surface area contributed by atoms with Crippen molar-refractivity contribution < 1.29 is 4.74 Å². The zero-order chi connectivity index (χ0) is 14.3. The third kappa shape index (κ3) is 7.93. The van der Waals surface area contributed by atoms with E-state index >= 15 is 0 Å². The number of nitrogens with one attached hydrogen (secondary N) is 2. The Hall–Kier alpha value is 0.310. The van der Waals surface area contributed by atoms with Gasteiger partial charge in [0.2, 0.25) is 0 Å². The van der Waals surface area contributed by atoms with Crippen LogP contribution in [0.5, 0.6) is 0 Å². The highest BCUT2D eigenvalue weighted by atomic mass is 127. The van der Waals surface area contributed by atoms with Crippen LogP contribution in [0.4, 0.5) is 0 Å². The molecule has 1 unspecified atom stereocenters. The lowest BCUT2D eigenvalue weighted by molar-refractivity contribution is 0.123. The van der Waals surface area contributed by atoms with E-state index in [2.05, 4.69) is 34.3 Å². The molecule has 1 heterocycles. The van der Waals surface area contributed by atoms with Crippen LogP contribution in [0.25, 0.3) is 0 Å². The van der Waals surface area contributed by atoms with Gasteiger partial charge in [-0.1, -0.05) is 0 Å². The highest BCUT2D eigenvalue weighted by Gasteiger charge is 2.29. The maximum Gasteiger partial charge on any atom is 0.191 e. The number of hydrogen-bond donors (Lipinski definition) is 2. The molecule has 0 spiro atoms. The van der Waals surface area contributed by atoms with Crippen LogP contribution < -0.4 is 10.6 Å². The van der Waals surface area contributed by atoms with Crippen molar-refractivity contribution in [1.82, 2.24) is 10.6 Å². The molecule has 0 bridgehead atoms. The predicted molar refractivity (Wildman–Crippen MR) is 103 cm³/mol. The third-order valence-electron chi connectivity index (χ3n) is 3.96. The smallest absolute Gasteiger partial charge is 0.191 e. The first kappa shape index (κ1) is 19.4. The van der Waals surface area contributed by atoms with Crippen LogP contribution in [-0.4, -0.2) is 49.8 Å². The summed E-state index contributed by atoms with van der Waals surface area (Å²) in [6, 6.07) is 0. The SMILES string of the molecule is CN=C(NCCCOCC1CC1)NCC1(C)CCCS1.I. The molecule has 2 fully saturated rings. The Morgan fingerprint density at radius 2 is 2.19 bits per heavy atom. The van der Waals surface area contributed by atoms with Gasteiger partial charge < -0.3 is 15.4 Å². The number of nitrogens with zero attached hydrogens (tertiary/aromatic N) is 1. The molecule has 0 aromatic carbocycles. The van der Waals surface area contributed by atoms with Crippen molar-refractivity contribution >= 4 is 41.7 Å². The minimum atomic E-state index is 0. The van der Waals surface area contributed by atoms with Crippen LogP contribution in [0.3, 0.4) is 0 Å². The average Bonchev–Trinajstić information content (AvgIpc) is 3.18. The van der Waals surface area contributed by atoms with Crippen molar-refractivity contribution in [3.8, 4) is 0 Å². The maximum atomic E-state index is 5.63. The van der Waals surface area contributed by atoms with Crippen molar-refractivity contribution in [2.45, 2.75) is 43.8 Å². The molecule has 1 aliphatic carbocycles. The van der Waals surface area contributed by atoms with E-state index < -0.39 is 0 Å². The summed E-state index contributed by atoms with van der Waals surface area (Å²) in [5, 5.41) is 6.81. The Morgan fingerprint density at radius 1 is 1.38 bits per heavy atom. The number of aliphatic imine (C=N–C) groups is 1. The second-order valence-electron chi connectivity index (χ2n) is 6.13. The second kappa shape index (κ2) is 10.2. The molecule has 6 heteroatoms. The minimum Gasteiger partial charge on any atom is -0.381 e.